The molecule has 88 valence electrons. The summed E-state index contributed by atoms with van der Waals surface area (Å²) < 4.78 is 5.31. The summed E-state index contributed by atoms with van der Waals surface area (Å²) in [5.41, 5.74) is -0.434. The lowest BCUT2D eigenvalue weighted by Gasteiger charge is -2.38. The zero-order valence-electron chi connectivity index (χ0n) is 9.99. The van der Waals surface area contributed by atoms with Crippen molar-refractivity contribution in [3.63, 3.8) is 0 Å². The van der Waals surface area contributed by atoms with Crippen molar-refractivity contribution >= 4 is 6.09 Å². The molecule has 0 aromatic carbocycles. The first-order valence-electron chi connectivity index (χ1n) is 5.29. The molecule has 0 aromatic rings. The van der Waals surface area contributed by atoms with Gasteiger partial charge in [-0.1, -0.05) is 0 Å². The highest BCUT2D eigenvalue weighted by Gasteiger charge is 2.29. The molecule has 5 heteroatoms. The van der Waals surface area contributed by atoms with E-state index in [1.54, 1.807) is 9.91 Å². The first kappa shape index (κ1) is 12.3. The van der Waals surface area contributed by atoms with Crippen LogP contribution in [0.2, 0.25) is 0 Å². The van der Waals surface area contributed by atoms with E-state index in [9.17, 15) is 4.79 Å². The molecule has 1 amide bonds. The third-order valence-corrected chi connectivity index (χ3v) is 2.29. The molecule has 5 nitrogen and oxygen atoms in total. The second kappa shape index (κ2) is 4.37. The lowest BCUT2D eigenvalue weighted by atomic mass is 10.2. The first-order chi connectivity index (χ1) is 6.79. The number of nitrogens with zero attached hydrogens (tertiary/aromatic N) is 2. The van der Waals surface area contributed by atoms with Crippen molar-refractivity contribution in [2.24, 2.45) is 5.84 Å². The van der Waals surface area contributed by atoms with E-state index in [4.69, 9.17) is 10.6 Å². The molecule has 1 rings (SSSR count). The average molecular weight is 215 g/mol. The normalized spacial score (nSPS) is 24.1. The number of hydrogen-bond acceptors (Lipinski definition) is 4. The van der Waals surface area contributed by atoms with Gasteiger partial charge in [-0.05, 0) is 27.7 Å². The van der Waals surface area contributed by atoms with E-state index >= 15 is 0 Å². The van der Waals surface area contributed by atoms with Crippen molar-refractivity contribution in [2.75, 3.05) is 19.6 Å². The number of hydrogen-bond donors (Lipinski definition) is 1. The third-order valence-electron chi connectivity index (χ3n) is 2.29. The van der Waals surface area contributed by atoms with Gasteiger partial charge in [-0.2, -0.15) is 0 Å². The van der Waals surface area contributed by atoms with Gasteiger partial charge in [0.1, 0.15) is 5.60 Å². The summed E-state index contributed by atoms with van der Waals surface area (Å²) in [5, 5.41) is 1.73. The Morgan fingerprint density at radius 2 is 2.00 bits per heavy atom. The molecule has 0 aliphatic carbocycles. The molecule has 0 saturated carbocycles. The Hall–Kier alpha value is -0.810. The lowest BCUT2D eigenvalue weighted by molar-refractivity contribution is 0.00146. The van der Waals surface area contributed by atoms with Gasteiger partial charge in [-0.25, -0.2) is 9.80 Å². The molecule has 0 unspecified atom stereocenters. The zero-order chi connectivity index (χ0) is 11.6. The van der Waals surface area contributed by atoms with Crippen molar-refractivity contribution in [1.82, 2.24) is 9.91 Å². The first-order valence-corrected chi connectivity index (χ1v) is 5.29. The fourth-order valence-electron chi connectivity index (χ4n) is 1.58. The minimum atomic E-state index is -0.434. The summed E-state index contributed by atoms with van der Waals surface area (Å²) in [6.07, 6.45) is -0.247. The zero-order valence-corrected chi connectivity index (χ0v) is 9.99. The fraction of sp³-hybridized carbons (Fsp3) is 0.900. The molecule has 0 radical (unpaired) electrons. The second-order valence-electron chi connectivity index (χ2n) is 5.02. The predicted octanol–water partition coefficient (Wildman–Crippen LogP) is 0.801. The van der Waals surface area contributed by atoms with Crippen LogP contribution in [0, 0.1) is 0 Å². The Morgan fingerprint density at radius 1 is 1.40 bits per heavy atom. The van der Waals surface area contributed by atoms with E-state index in [2.05, 4.69) is 0 Å². The summed E-state index contributed by atoms with van der Waals surface area (Å²) in [5.74, 6) is 5.67. The van der Waals surface area contributed by atoms with Crippen molar-refractivity contribution < 1.29 is 9.53 Å². The van der Waals surface area contributed by atoms with Crippen LogP contribution >= 0.6 is 0 Å². The van der Waals surface area contributed by atoms with Crippen LogP contribution < -0.4 is 5.84 Å². The van der Waals surface area contributed by atoms with Crippen molar-refractivity contribution in [1.29, 1.82) is 0 Å². The molecular weight excluding hydrogens is 194 g/mol. The molecule has 0 bridgehead atoms. The number of carbonyl (C=O) groups is 1. The summed E-state index contributed by atoms with van der Waals surface area (Å²) >= 11 is 0. The van der Waals surface area contributed by atoms with Crippen molar-refractivity contribution in [3.05, 3.63) is 0 Å². The molecule has 0 aromatic heterocycles. The smallest absolute Gasteiger partial charge is 0.410 e. The third kappa shape index (κ3) is 3.68. The van der Waals surface area contributed by atoms with Gasteiger partial charge in [0.2, 0.25) is 0 Å². The van der Waals surface area contributed by atoms with E-state index in [0.717, 1.165) is 0 Å². The summed E-state index contributed by atoms with van der Waals surface area (Å²) in [6, 6.07) is 0.110. The number of nitrogens with two attached hydrogens (primary N) is 1. The van der Waals surface area contributed by atoms with Crippen molar-refractivity contribution in [3.8, 4) is 0 Å². The fourth-order valence-corrected chi connectivity index (χ4v) is 1.58. The minimum absolute atomic E-state index is 0.110. The SMILES string of the molecule is C[C@@H]1CN(N)CCN1C(=O)OC(C)(C)C. The number of hydrazine groups is 1. The van der Waals surface area contributed by atoms with E-state index in [1.807, 2.05) is 27.7 Å². The molecule has 15 heavy (non-hydrogen) atoms. The van der Waals surface area contributed by atoms with E-state index in [1.165, 1.54) is 0 Å². The maximum atomic E-state index is 11.8. The average Bonchev–Trinajstić information content (AvgIpc) is 1.99. The molecule has 2 N–H and O–H groups in total. The highest BCUT2D eigenvalue weighted by Crippen LogP contribution is 2.14. The molecule has 1 aliphatic rings. The van der Waals surface area contributed by atoms with E-state index in [-0.39, 0.29) is 12.1 Å². The Bertz CT molecular complexity index is 237. The van der Waals surface area contributed by atoms with Crippen LogP contribution in [0.1, 0.15) is 27.7 Å². The number of carbonyl (C=O) groups excluding carboxylic acids is 1. The van der Waals surface area contributed by atoms with Crippen LogP contribution in [0.15, 0.2) is 0 Å². The van der Waals surface area contributed by atoms with Gasteiger partial charge in [0.15, 0.2) is 0 Å². The van der Waals surface area contributed by atoms with Gasteiger partial charge in [0, 0.05) is 25.7 Å². The Kier molecular flexibility index (Phi) is 3.57. The maximum absolute atomic E-state index is 11.8. The van der Waals surface area contributed by atoms with Crippen LogP contribution in [0.3, 0.4) is 0 Å². The van der Waals surface area contributed by atoms with Gasteiger partial charge in [-0.15, -0.1) is 0 Å². The molecule has 1 atom stereocenters. The standard InChI is InChI=1S/C10H21N3O2/c1-8-7-12(11)5-6-13(8)9(14)15-10(2,3)4/h8H,5-7,11H2,1-4H3/t8-/m1/s1. The van der Waals surface area contributed by atoms with Gasteiger partial charge >= 0.3 is 6.09 Å². The number of rotatable bonds is 0. The van der Waals surface area contributed by atoms with E-state index < -0.39 is 5.60 Å². The van der Waals surface area contributed by atoms with Crippen molar-refractivity contribution in [2.45, 2.75) is 39.3 Å². The largest absolute Gasteiger partial charge is 0.444 e. The van der Waals surface area contributed by atoms with Gasteiger partial charge in [-0.3, -0.25) is 5.84 Å². The predicted molar refractivity (Wildman–Crippen MR) is 58.2 cm³/mol. The van der Waals surface area contributed by atoms with Crippen LogP contribution in [0.5, 0.6) is 0 Å². The Morgan fingerprint density at radius 3 is 2.47 bits per heavy atom. The van der Waals surface area contributed by atoms with Gasteiger partial charge in [0.25, 0.3) is 0 Å². The van der Waals surface area contributed by atoms with Gasteiger partial charge < -0.3 is 9.64 Å². The van der Waals surface area contributed by atoms with Crippen LogP contribution in [-0.2, 0) is 4.74 Å². The Labute approximate surface area is 91.1 Å². The minimum Gasteiger partial charge on any atom is -0.444 e. The van der Waals surface area contributed by atoms with Crippen LogP contribution in [0.25, 0.3) is 0 Å². The van der Waals surface area contributed by atoms with Crippen LogP contribution in [0.4, 0.5) is 4.79 Å². The lowest BCUT2D eigenvalue weighted by Crippen LogP contribution is -2.56. The molecule has 1 fully saturated rings. The highest BCUT2D eigenvalue weighted by molar-refractivity contribution is 5.68. The molecular formula is C10H21N3O2. The van der Waals surface area contributed by atoms with Gasteiger partial charge in [0.05, 0.1) is 0 Å². The molecule has 0 spiro atoms. The second-order valence-corrected chi connectivity index (χ2v) is 5.02. The number of amides is 1. The van der Waals surface area contributed by atoms with E-state index in [0.29, 0.717) is 19.6 Å². The topological polar surface area (TPSA) is 58.8 Å². The number of ether oxygens (including phenoxy) is 1. The summed E-state index contributed by atoms with van der Waals surface area (Å²) in [6.45, 7) is 9.61. The quantitative estimate of drug-likeness (QED) is 0.607. The number of piperazine rings is 1. The molecule has 1 aliphatic heterocycles. The maximum Gasteiger partial charge on any atom is 0.410 e. The molecule has 1 saturated heterocycles. The molecule has 1 heterocycles. The van der Waals surface area contributed by atoms with Crippen LogP contribution in [-0.4, -0.2) is 47.3 Å². The monoisotopic (exact) mass is 215 g/mol. The Balaban J connectivity index is 2.53. The summed E-state index contributed by atoms with van der Waals surface area (Å²) in [7, 11) is 0. The highest BCUT2D eigenvalue weighted by atomic mass is 16.6. The summed E-state index contributed by atoms with van der Waals surface area (Å²) in [4.78, 5) is 13.5.